The van der Waals surface area contributed by atoms with Gasteiger partial charge in [0.15, 0.2) is 0 Å². The van der Waals surface area contributed by atoms with E-state index in [2.05, 4.69) is 15.9 Å². The van der Waals surface area contributed by atoms with E-state index in [-0.39, 0.29) is 5.92 Å². The molecule has 0 radical (unpaired) electrons. The first-order valence-electron chi connectivity index (χ1n) is 7.73. The minimum absolute atomic E-state index is 0.271. The topological polar surface area (TPSA) is 61.8 Å². The molecule has 6 heteroatoms. The van der Waals surface area contributed by atoms with Crippen LogP contribution in [0.2, 0.25) is 0 Å². The molecule has 2 aromatic rings. The zero-order valence-corrected chi connectivity index (χ0v) is 15.8. The fraction of sp³-hybridized carbons (Fsp3) is 0.263. The summed E-state index contributed by atoms with van der Waals surface area (Å²) in [4.78, 5) is 24.0. The number of rotatable bonds is 6. The predicted octanol–water partition coefficient (Wildman–Crippen LogP) is 4.49. The van der Waals surface area contributed by atoms with Gasteiger partial charge in [-0.05, 0) is 64.3 Å². The number of esters is 2. The van der Waals surface area contributed by atoms with E-state index < -0.39 is 11.9 Å². The molecule has 0 aromatic heterocycles. The quantitative estimate of drug-likeness (QED) is 0.522. The molecule has 0 saturated heterocycles. The van der Waals surface area contributed by atoms with Gasteiger partial charge in [0.1, 0.15) is 11.5 Å². The van der Waals surface area contributed by atoms with Crippen LogP contribution in [0, 0.1) is 5.92 Å². The zero-order valence-electron chi connectivity index (χ0n) is 14.2. The Hall–Kier alpha value is -2.34. The Morgan fingerprint density at radius 2 is 1.64 bits per heavy atom. The highest BCUT2D eigenvalue weighted by atomic mass is 79.9. The number of benzene rings is 2. The SMILES string of the molecule is COc1ccc(C(=O)Oc2ccc(C(=O)OCC(C)C)cc2)cc1Br. The number of hydrogen-bond donors (Lipinski definition) is 0. The highest BCUT2D eigenvalue weighted by Gasteiger charge is 2.13. The van der Waals surface area contributed by atoms with Gasteiger partial charge in [-0.3, -0.25) is 0 Å². The summed E-state index contributed by atoms with van der Waals surface area (Å²) in [5.74, 6) is 0.343. The molecule has 0 atom stereocenters. The highest BCUT2D eigenvalue weighted by Crippen LogP contribution is 2.26. The van der Waals surface area contributed by atoms with Crippen LogP contribution in [0.25, 0.3) is 0 Å². The Bertz CT molecular complexity index is 753. The maximum atomic E-state index is 12.2. The fourth-order valence-corrected chi connectivity index (χ4v) is 2.48. The summed E-state index contributed by atoms with van der Waals surface area (Å²) in [6.07, 6.45) is 0. The summed E-state index contributed by atoms with van der Waals surface area (Å²) in [5.41, 5.74) is 0.792. The number of methoxy groups -OCH3 is 1. The van der Waals surface area contributed by atoms with Gasteiger partial charge in [0, 0.05) is 0 Å². The molecule has 2 aromatic carbocycles. The van der Waals surface area contributed by atoms with Crippen molar-refractivity contribution in [1.82, 2.24) is 0 Å². The van der Waals surface area contributed by atoms with Crippen LogP contribution >= 0.6 is 15.9 Å². The van der Waals surface area contributed by atoms with Gasteiger partial charge in [0.25, 0.3) is 0 Å². The molecule has 0 aliphatic carbocycles. The second-order valence-corrected chi connectivity index (χ2v) is 6.61. The van der Waals surface area contributed by atoms with E-state index >= 15 is 0 Å². The maximum Gasteiger partial charge on any atom is 0.343 e. The highest BCUT2D eigenvalue weighted by molar-refractivity contribution is 9.10. The largest absolute Gasteiger partial charge is 0.496 e. The molecule has 2 rings (SSSR count). The third kappa shape index (κ3) is 5.32. The number of carbonyl (C=O) groups excluding carboxylic acids is 2. The summed E-state index contributed by atoms with van der Waals surface area (Å²) < 4.78 is 16.2. The van der Waals surface area contributed by atoms with E-state index in [1.807, 2.05) is 13.8 Å². The Morgan fingerprint density at radius 3 is 2.20 bits per heavy atom. The van der Waals surface area contributed by atoms with E-state index in [0.717, 1.165) is 0 Å². The Labute approximate surface area is 155 Å². The Kier molecular flexibility index (Phi) is 6.58. The second kappa shape index (κ2) is 8.67. The van der Waals surface area contributed by atoms with E-state index in [9.17, 15) is 9.59 Å². The molecule has 0 unspecified atom stereocenters. The predicted molar refractivity (Wildman–Crippen MR) is 97.2 cm³/mol. The van der Waals surface area contributed by atoms with Crippen molar-refractivity contribution in [3.8, 4) is 11.5 Å². The van der Waals surface area contributed by atoms with Gasteiger partial charge in [-0.1, -0.05) is 13.8 Å². The Balaban J connectivity index is 2.02. The molecule has 0 aliphatic heterocycles. The van der Waals surface area contributed by atoms with E-state index in [0.29, 0.717) is 33.7 Å². The summed E-state index contributed by atoms with van der Waals surface area (Å²) in [5, 5.41) is 0. The molecule has 5 nitrogen and oxygen atoms in total. The van der Waals surface area contributed by atoms with E-state index in [4.69, 9.17) is 14.2 Å². The molecule has 0 fully saturated rings. The fourth-order valence-electron chi connectivity index (χ4n) is 1.94. The first-order valence-corrected chi connectivity index (χ1v) is 8.53. The number of hydrogen-bond acceptors (Lipinski definition) is 5. The van der Waals surface area contributed by atoms with Crippen molar-refractivity contribution in [2.75, 3.05) is 13.7 Å². The smallest absolute Gasteiger partial charge is 0.343 e. The first kappa shape index (κ1) is 19.0. The summed E-state index contributed by atoms with van der Waals surface area (Å²) in [6, 6.07) is 11.2. The summed E-state index contributed by atoms with van der Waals surface area (Å²) in [7, 11) is 1.55. The van der Waals surface area contributed by atoms with Crippen LogP contribution in [-0.2, 0) is 4.74 Å². The van der Waals surface area contributed by atoms with Crippen molar-refractivity contribution in [3.63, 3.8) is 0 Å². The average Bonchev–Trinajstić information content (AvgIpc) is 2.60. The minimum atomic E-state index is -0.501. The normalized spacial score (nSPS) is 10.4. The van der Waals surface area contributed by atoms with Crippen LogP contribution in [0.15, 0.2) is 46.9 Å². The van der Waals surface area contributed by atoms with Crippen molar-refractivity contribution < 1.29 is 23.8 Å². The van der Waals surface area contributed by atoms with Crippen molar-refractivity contribution in [2.24, 2.45) is 5.92 Å². The van der Waals surface area contributed by atoms with Crippen LogP contribution in [0.1, 0.15) is 34.6 Å². The molecular formula is C19H19BrO5. The second-order valence-electron chi connectivity index (χ2n) is 5.76. The lowest BCUT2D eigenvalue weighted by molar-refractivity contribution is 0.0459. The summed E-state index contributed by atoms with van der Waals surface area (Å²) >= 11 is 3.33. The molecule has 0 aliphatic rings. The molecule has 0 N–H and O–H groups in total. The number of halogens is 1. The third-order valence-electron chi connectivity index (χ3n) is 3.24. The van der Waals surface area contributed by atoms with Gasteiger partial charge in [-0.2, -0.15) is 0 Å². The monoisotopic (exact) mass is 406 g/mol. The molecule has 0 saturated carbocycles. The van der Waals surface area contributed by atoms with Gasteiger partial charge in [-0.25, -0.2) is 9.59 Å². The molecule has 0 heterocycles. The van der Waals surface area contributed by atoms with Crippen LogP contribution < -0.4 is 9.47 Å². The molecule has 132 valence electrons. The van der Waals surface area contributed by atoms with Gasteiger partial charge in [0.05, 0.1) is 29.3 Å². The van der Waals surface area contributed by atoms with Crippen molar-refractivity contribution in [2.45, 2.75) is 13.8 Å². The van der Waals surface area contributed by atoms with Gasteiger partial charge >= 0.3 is 11.9 Å². The molecule has 0 bridgehead atoms. The lowest BCUT2D eigenvalue weighted by Gasteiger charge is -2.09. The van der Waals surface area contributed by atoms with Crippen molar-refractivity contribution in [1.29, 1.82) is 0 Å². The molecule has 0 spiro atoms. The van der Waals surface area contributed by atoms with Crippen LogP contribution in [0.4, 0.5) is 0 Å². The number of ether oxygens (including phenoxy) is 3. The van der Waals surface area contributed by atoms with E-state index in [1.165, 1.54) is 0 Å². The lowest BCUT2D eigenvalue weighted by atomic mass is 10.2. The molecular weight excluding hydrogens is 388 g/mol. The Morgan fingerprint density at radius 1 is 1.00 bits per heavy atom. The van der Waals surface area contributed by atoms with Gasteiger partial charge in [0.2, 0.25) is 0 Å². The van der Waals surface area contributed by atoms with Gasteiger partial charge in [-0.15, -0.1) is 0 Å². The number of carbonyl (C=O) groups is 2. The van der Waals surface area contributed by atoms with E-state index in [1.54, 1.807) is 49.6 Å². The van der Waals surface area contributed by atoms with Crippen LogP contribution in [-0.4, -0.2) is 25.7 Å². The van der Waals surface area contributed by atoms with Crippen molar-refractivity contribution in [3.05, 3.63) is 58.1 Å². The van der Waals surface area contributed by atoms with Crippen LogP contribution in [0.3, 0.4) is 0 Å². The maximum absolute atomic E-state index is 12.2. The van der Waals surface area contributed by atoms with Gasteiger partial charge < -0.3 is 14.2 Å². The minimum Gasteiger partial charge on any atom is -0.496 e. The molecule has 25 heavy (non-hydrogen) atoms. The lowest BCUT2D eigenvalue weighted by Crippen LogP contribution is -2.11. The standard InChI is InChI=1S/C19H19BrO5/c1-12(2)11-24-18(21)13-4-7-15(8-5-13)25-19(22)14-6-9-17(23-3)16(20)10-14/h4-10,12H,11H2,1-3H3. The zero-order chi connectivity index (χ0) is 18.4. The summed E-state index contributed by atoms with van der Waals surface area (Å²) in [6.45, 7) is 4.29. The molecule has 0 amide bonds. The van der Waals surface area contributed by atoms with Crippen molar-refractivity contribution >= 4 is 27.9 Å². The third-order valence-corrected chi connectivity index (χ3v) is 3.86. The van der Waals surface area contributed by atoms with Crippen LogP contribution in [0.5, 0.6) is 11.5 Å². The first-order chi connectivity index (χ1) is 11.9. The average molecular weight is 407 g/mol.